The lowest BCUT2D eigenvalue weighted by Gasteiger charge is -2.35. The molecule has 0 spiro atoms. The molecule has 0 saturated carbocycles. The van der Waals surface area contributed by atoms with Crippen molar-refractivity contribution in [2.24, 2.45) is 0 Å². The average molecular weight is 511 g/mol. The topological polar surface area (TPSA) is 108 Å². The Balaban J connectivity index is 1.20. The number of H-pyrrole nitrogens is 1. The van der Waals surface area contributed by atoms with Gasteiger partial charge in [0.2, 0.25) is 0 Å². The Bertz CT molecular complexity index is 1620. The van der Waals surface area contributed by atoms with Crippen molar-refractivity contribution in [3.63, 3.8) is 0 Å². The van der Waals surface area contributed by atoms with Gasteiger partial charge in [0.25, 0.3) is 0 Å². The SMILES string of the molecule is CC(C)(C)c1ccc(-c2nc3c(N4CCN(Cc5nc6ncccn6c5[N+](=O)[O-])CC4)cccc3[nH]2)cc1. The molecule has 4 heterocycles. The van der Waals surface area contributed by atoms with Crippen molar-refractivity contribution in [1.82, 2.24) is 29.2 Å². The Morgan fingerprint density at radius 3 is 2.47 bits per heavy atom. The van der Waals surface area contributed by atoms with Crippen molar-refractivity contribution >= 4 is 28.3 Å². The van der Waals surface area contributed by atoms with E-state index in [0.29, 0.717) is 18.0 Å². The van der Waals surface area contributed by atoms with Gasteiger partial charge in [-0.2, -0.15) is 14.4 Å². The molecule has 0 amide bonds. The van der Waals surface area contributed by atoms with Crippen molar-refractivity contribution in [3.05, 3.63) is 82.3 Å². The average Bonchev–Trinajstić information content (AvgIpc) is 3.50. The zero-order valence-corrected chi connectivity index (χ0v) is 21.8. The lowest BCUT2D eigenvalue weighted by molar-refractivity contribution is -0.391. The maximum Gasteiger partial charge on any atom is 0.353 e. The molecule has 2 aromatic carbocycles. The second-order valence-electron chi connectivity index (χ2n) is 10.8. The fourth-order valence-corrected chi connectivity index (χ4v) is 5.12. The first-order valence-corrected chi connectivity index (χ1v) is 12.8. The summed E-state index contributed by atoms with van der Waals surface area (Å²) in [6.45, 7) is 10.2. The number of nitrogens with zero attached hydrogens (tertiary/aromatic N) is 7. The van der Waals surface area contributed by atoms with Gasteiger partial charge in [0.1, 0.15) is 17.5 Å². The van der Waals surface area contributed by atoms with Crippen LogP contribution in [-0.4, -0.2) is 60.3 Å². The van der Waals surface area contributed by atoms with E-state index in [0.717, 1.165) is 54.3 Å². The van der Waals surface area contributed by atoms with Crippen LogP contribution in [0.1, 0.15) is 32.0 Å². The number of anilines is 1. The third-order valence-corrected chi connectivity index (χ3v) is 7.22. The van der Waals surface area contributed by atoms with E-state index in [4.69, 9.17) is 4.98 Å². The van der Waals surface area contributed by atoms with Gasteiger partial charge in [-0.3, -0.25) is 4.90 Å². The highest BCUT2D eigenvalue weighted by molar-refractivity contribution is 5.91. The number of fused-ring (bicyclic) bond motifs is 2. The molecule has 3 aromatic heterocycles. The number of hydrogen-bond donors (Lipinski definition) is 1. The molecule has 0 aliphatic carbocycles. The van der Waals surface area contributed by atoms with Gasteiger partial charge in [-0.1, -0.05) is 51.1 Å². The van der Waals surface area contributed by atoms with Crippen LogP contribution in [0.5, 0.6) is 0 Å². The highest BCUT2D eigenvalue weighted by Crippen LogP contribution is 2.31. The number of nitro groups is 1. The molecule has 0 bridgehead atoms. The highest BCUT2D eigenvalue weighted by Gasteiger charge is 2.27. The number of rotatable bonds is 5. The van der Waals surface area contributed by atoms with Gasteiger partial charge < -0.3 is 20.0 Å². The molecule has 0 radical (unpaired) electrons. The number of para-hydroxylation sites is 1. The molecule has 5 aromatic rings. The predicted octanol–water partition coefficient (Wildman–Crippen LogP) is 4.80. The van der Waals surface area contributed by atoms with Crippen LogP contribution in [0.25, 0.3) is 28.2 Å². The van der Waals surface area contributed by atoms with E-state index in [1.54, 1.807) is 18.5 Å². The molecule has 1 aliphatic rings. The Morgan fingerprint density at radius 2 is 1.76 bits per heavy atom. The molecule has 10 nitrogen and oxygen atoms in total. The number of aromatic amines is 1. The number of aromatic nitrogens is 5. The van der Waals surface area contributed by atoms with Gasteiger partial charge in [0, 0.05) is 44.5 Å². The summed E-state index contributed by atoms with van der Waals surface area (Å²) in [5, 5.41) is 11.7. The number of nitrogens with one attached hydrogen (secondary N) is 1. The lowest BCUT2D eigenvalue weighted by atomic mass is 9.87. The van der Waals surface area contributed by atoms with Crippen LogP contribution in [0.3, 0.4) is 0 Å². The molecule has 10 heteroatoms. The van der Waals surface area contributed by atoms with Crippen molar-refractivity contribution in [1.29, 1.82) is 0 Å². The Hall–Kier alpha value is -4.31. The van der Waals surface area contributed by atoms with Crippen LogP contribution < -0.4 is 4.90 Å². The second-order valence-corrected chi connectivity index (χ2v) is 10.8. The third-order valence-electron chi connectivity index (χ3n) is 7.22. The van der Waals surface area contributed by atoms with Gasteiger partial charge in [-0.05, 0) is 34.1 Å². The smallest absolute Gasteiger partial charge is 0.353 e. The number of imidazole rings is 2. The van der Waals surface area contributed by atoms with E-state index in [-0.39, 0.29) is 16.2 Å². The molecular weight excluding hydrogens is 480 g/mol. The monoisotopic (exact) mass is 510 g/mol. The standard InChI is InChI=1S/C28H30N8O2/c1-28(2,3)20-10-8-19(9-11-20)25-30-21-6-4-7-23(24(21)32-25)34-16-14-33(15-17-34)18-22-26(36(37)38)35-13-5-12-29-27(35)31-22/h4-13H,14-18H2,1-3H3,(H,30,32). The zero-order valence-electron chi connectivity index (χ0n) is 21.8. The summed E-state index contributed by atoms with van der Waals surface area (Å²) in [5.41, 5.74) is 5.96. The summed E-state index contributed by atoms with van der Waals surface area (Å²) in [4.78, 5) is 33.0. The lowest BCUT2D eigenvalue weighted by Crippen LogP contribution is -2.46. The van der Waals surface area contributed by atoms with Crippen LogP contribution in [0.15, 0.2) is 60.9 Å². The summed E-state index contributed by atoms with van der Waals surface area (Å²) < 4.78 is 1.44. The minimum atomic E-state index is -0.375. The summed E-state index contributed by atoms with van der Waals surface area (Å²) in [6, 6.07) is 16.5. The van der Waals surface area contributed by atoms with Crippen LogP contribution in [0, 0.1) is 10.1 Å². The number of benzene rings is 2. The van der Waals surface area contributed by atoms with Crippen LogP contribution in [-0.2, 0) is 12.0 Å². The molecule has 194 valence electrons. The third kappa shape index (κ3) is 4.37. The van der Waals surface area contributed by atoms with Crippen LogP contribution in [0.2, 0.25) is 0 Å². The predicted molar refractivity (Wildman–Crippen MR) is 147 cm³/mol. The Labute approximate surface area is 220 Å². The molecule has 1 N–H and O–H groups in total. The van der Waals surface area contributed by atoms with E-state index in [2.05, 4.69) is 88.0 Å². The van der Waals surface area contributed by atoms with Gasteiger partial charge in [-0.15, -0.1) is 0 Å². The number of piperazine rings is 1. The maximum absolute atomic E-state index is 11.7. The molecule has 1 saturated heterocycles. The van der Waals surface area contributed by atoms with E-state index in [1.807, 2.05) is 0 Å². The summed E-state index contributed by atoms with van der Waals surface area (Å²) in [6.07, 6.45) is 3.23. The molecule has 1 aliphatic heterocycles. The maximum atomic E-state index is 11.7. The fraction of sp³-hybridized carbons (Fsp3) is 0.321. The van der Waals surface area contributed by atoms with E-state index in [9.17, 15) is 10.1 Å². The Morgan fingerprint density at radius 1 is 1.00 bits per heavy atom. The highest BCUT2D eigenvalue weighted by atomic mass is 16.6. The summed E-state index contributed by atoms with van der Waals surface area (Å²) in [5.74, 6) is 1.20. The van der Waals surface area contributed by atoms with E-state index >= 15 is 0 Å². The largest absolute Gasteiger partial charge is 0.367 e. The first-order valence-electron chi connectivity index (χ1n) is 12.8. The quantitative estimate of drug-likeness (QED) is 0.267. The first kappa shape index (κ1) is 24.1. The van der Waals surface area contributed by atoms with Gasteiger partial charge in [0.15, 0.2) is 5.69 Å². The second kappa shape index (κ2) is 9.21. The zero-order chi connectivity index (χ0) is 26.4. The fourth-order valence-electron chi connectivity index (χ4n) is 5.12. The van der Waals surface area contributed by atoms with E-state index < -0.39 is 0 Å². The minimum absolute atomic E-state index is 0.0140. The van der Waals surface area contributed by atoms with Gasteiger partial charge >= 0.3 is 11.6 Å². The molecule has 6 rings (SSSR count). The van der Waals surface area contributed by atoms with Crippen molar-refractivity contribution in [2.75, 3.05) is 31.1 Å². The molecule has 38 heavy (non-hydrogen) atoms. The van der Waals surface area contributed by atoms with Crippen molar-refractivity contribution in [2.45, 2.75) is 32.7 Å². The van der Waals surface area contributed by atoms with Gasteiger partial charge in [-0.25, -0.2) is 4.98 Å². The van der Waals surface area contributed by atoms with Crippen molar-refractivity contribution in [3.8, 4) is 11.4 Å². The minimum Gasteiger partial charge on any atom is -0.367 e. The van der Waals surface area contributed by atoms with Gasteiger partial charge in [0.05, 0.1) is 11.2 Å². The van der Waals surface area contributed by atoms with E-state index in [1.165, 1.54) is 9.96 Å². The molecule has 1 fully saturated rings. The Kier molecular flexibility index (Phi) is 5.83. The molecular formula is C28H30N8O2. The molecule has 0 unspecified atom stereocenters. The van der Waals surface area contributed by atoms with Crippen LogP contribution >= 0.6 is 0 Å². The van der Waals surface area contributed by atoms with Crippen molar-refractivity contribution < 1.29 is 4.92 Å². The summed E-state index contributed by atoms with van der Waals surface area (Å²) >= 11 is 0. The number of hydrogen-bond acceptors (Lipinski definition) is 7. The molecule has 0 atom stereocenters. The normalized spacial score (nSPS) is 15.0. The first-order chi connectivity index (χ1) is 18.3. The van der Waals surface area contributed by atoms with Crippen LogP contribution in [0.4, 0.5) is 11.5 Å². The summed E-state index contributed by atoms with van der Waals surface area (Å²) in [7, 11) is 0.